The minimum atomic E-state index is -0.666. The van der Waals surface area contributed by atoms with Gasteiger partial charge < -0.3 is 19.9 Å². The molecule has 284 valence electrons. The van der Waals surface area contributed by atoms with E-state index in [9.17, 15) is 19.2 Å². The van der Waals surface area contributed by atoms with E-state index < -0.39 is 11.9 Å². The number of imide groups is 1. The van der Waals surface area contributed by atoms with Crippen LogP contribution in [-0.2, 0) is 20.9 Å². The number of allylic oxidation sites excluding steroid dienone is 1. The fourth-order valence-corrected chi connectivity index (χ4v) is 7.90. The van der Waals surface area contributed by atoms with Crippen molar-refractivity contribution in [1.82, 2.24) is 20.0 Å². The summed E-state index contributed by atoms with van der Waals surface area (Å²) in [5.41, 5.74) is 7.93. The van der Waals surface area contributed by atoms with E-state index in [1.54, 1.807) is 12.1 Å². The average Bonchev–Trinajstić information content (AvgIpc) is 3.55. The molecule has 2 saturated heterocycles. The maximum atomic E-state index is 13.1. The fraction of sp³-hybridized carbons (Fsp3) is 0.318. The van der Waals surface area contributed by atoms with Gasteiger partial charge in [0.1, 0.15) is 18.4 Å². The highest BCUT2D eigenvalue weighted by Gasteiger charge is 2.39. The number of hydrogen-bond acceptors (Lipinski definition) is 7. The number of anilines is 1. The van der Waals surface area contributed by atoms with Crippen LogP contribution in [-0.4, -0.2) is 96.1 Å². The minimum absolute atomic E-state index is 0.0858. The molecule has 4 aromatic carbocycles. The molecule has 10 nitrogen and oxygen atoms in total. The Bertz CT molecular complexity index is 2030. The van der Waals surface area contributed by atoms with Gasteiger partial charge in [0.25, 0.3) is 5.91 Å². The van der Waals surface area contributed by atoms with E-state index in [0.29, 0.717) is 50.5 Å². The Morgan fingerprint density at radius 3 is 2.18 bits per heavy atom. The lowest BCUT2D eigenvalue weighted by Gasteiger charge is -2.34. The molecule has 0 aromatic heterocycles. The zero-order valence-corrected chi connectivity index (χ0v) is 31.6. The third-order valence-corrected chi connectivity index (χ3v) is 10.8. The average molecular weight is 760 g/mol. The number of carbonyl (C=O) groups excluding carboxylic acids is 4. The topological polar surface area (TPSA) is 111 Å². The first-order valence-electron chi connectivity index (χ1n) is 19.0. The summed E-state index contributed by atoms with van der Waals surface area (Å²) in [5, 5.41) is 5.69. The highest BCUT2D eigenvalue weighted by molar-refractivity contribution is 6.18. The lowest BCUT2D eigenvalue weighted by Crippen LogP contribution is -2.52. The van der Waals surface area contributed by atoms with Crippen molar-refractivity contribution >= 4 is 52.1 Å². The van der Waals surface area contributed by atoms with Gasteiger partial charge in [-0.25, -0.2) is 0 Å². The molecule has 55 heavy (non-hydrogen) atoms. The Morgan fingerprint density at radius 1 is 0.800 bits per heavy atom. The molecule has 7 rings (SSSR count). The van der Waals surface area contributed by atoms with Crippen molar-refractivity contribution in [2.75, 3.05) is 57.1 Å². The maximum absolute atomic E-state index is 13.1. The second kappa shape index (κ2) is 17.8. The second-order valence-corrected chi connectivity index (χ2v) is 14.4. The van der Waals surface area contributed by atoms with Crippen molar-refractivity contribution in [3.63, 3.8) is 0 Å². The Hall–Kier alpha value is -5.45. The van der Waals surface area contributed by atoms with Crippen LogP contribution in [0.3, 0.4) is 0 Å². The van der Waals surface area contributed by atoms with E-state index in [4.69, 9.17) is 16.3 Å². The predicted octanol–water partition coefficient (Wildman–Crippen LogP) is 6.06. The van der Waals surface area contributed by atoms with Crippen molar-refractivity contribution in [3.05, 3.63) is 131 Å². The number of amides is 4. The van der Waals surface area contributed by atoms with Crippen LogP contribution in [0.25, 0.3) is 11.1 Å². The van der Waals surface area contributed by atoms with E-state index in [0.717, 1.165) is 59.7 Å². The summed E-state index contributed by atoms with van der Waals surface area (Å²) in [6.45, 7) is 4.89. The predicted molar refractivity (Wildman–Crippen MR) is 215 cm³/mol. The largest absolute Gasteiger partial charge is 0.492 e. The Balaban J connectivity index is 0.870. The molecule has 3 heterocycles. The summed E-state index contributed by atoms with van der Waals surface area (Å²) in [5.74, 6) is 0.465. The Kier molecular flexibility index (Phi) is 12.2. The molecule has 0 bridgehead atoms. The molecule has 0 radical (unpaired) electrons. The SMILES string of the molecule is O=C1CCC(N2Cc3c(NCCC(=O)N4CCN(CCOc5ccc(C(=C(CCCl)c6ccccc6)c6ccccc6)cc5)CC4)cccc3C2=O)C(=O)N1. The van der Waals surface area contributed by atoms with E-state index in [1.165, 1.54) is 16.0 Å². The highest BCUT2D eigenvalue weighted by atomic mass is 35.5. The normalized spacial score (nSPS) is 17.8. The lowest BCUT2D eigenvalue weighted by molar-refractivity contribution is -0.137. The molecule has 3 aliphatic heterocycles. The number of hydrogen-bond donors (Lipinski definition) is 2. The zero-order chi connectivity index (χ0) is 38.1. The van der Waals surface area contributed by atoms with Gasteiger partial charge in [0.15, 0.2) is 0 Å². The van der Waals surface area contributed by atoms with Gasteiger partial charge in [-0.15, -0.1) is 11.6 Å². The van der Waals surface area contributed by atoms with Crippen molar-refractivity contribution < 1.29 is 23.9 Å². The third-order valence-electron chi connectivity index (χ3n) is 10.6. The molecule has 2 fully saturated rings. The van der Waals surface area contributed by atoms with Crippen LogP contribution in [0.1, 0.15) is 58.3 Å². The van der Waals surface area contributed by atoms with Crippen molar-refractivity contribution in [1.29, 1.82) is 0 Å². The summed E-state index contributed by atoms with van der Waals surface area (Å²) >= 11 is 6.32. The van der Waals surface area contributed by atoms with E-state index in [-0.39, 0.29) is 30.7 Å². The second-order valence-electron chi connectivity index (χ2n) is 14.0. The van der Waals surface area contributed by atoms with Gasteiger partial charge in [-0.2, -0.15) is 0 Å². The van der Waals surface area contributed by atoms with Crippen LogP contribution >= 0.6 is 11.6 Å². The van der Waals surface area contributed by atoms with E-state index in [1.807, 2.05) is 35.2 Å². The highest BCUT2D eigenvalue weighted by Crippen LogP contribution is 2.36. The summed E-state index contributed by atoms with van der Waals surface area (Å²) < 4.78 is 6.18. The van der Waals surface area contributed by atoms with Gasteiger partial charge in [0.2, 0.25) is 17.7 Å². The number of nitrogens with zero attached hydrogens (tertiary/aromatic N) is 3. The molecule has 2 N–H and O–H groups in total. The monoisotopic (exact) mass is 759 g/mol. The molecule has 4 amide bonds. The zero-order valence-electron chi connectivity index (χ0n) is 30.8. The Labute approximate surface area is 327 Å². The number of nitrogens with one attached hydrogen (secondary N) is 2. The molecule has 11 heteroatoms. The molecule has 4 aromatic rings. The molecule has 3 aliphatic rings. The van der Waals surface area contributed by atoms with Crippen LogP contribution in [0.2, 0.25) is 0 Å². The Morgan fingerprint density at radius 2 is 1.49 bits per heavy atom. The number of halogens is 1. The third kappa shape index (κ3) is 8.93. The van der Waals surface area contributed by atoms with Crippen molar-refractivity contribution in [3.8, 4) is 5.75 Å². The van der Waals surface area contributed by atoms with Crippen LogP contribution in [0.5, 0.6) is 5.75 Å². The number of piperidine rings is 1. The minimum Gasteiger partial charge on any atom is -0.492 e. The van der Waals surface area contributed by atoms with Gasteiger partial charge >= 0.3 is 0 Å². The number of rotatable bonds is 14. The van der Waals surface area contributed by atoms with Crippen LogP contribution in [0, 0.1) is 0 Å². The molecule has 0 spiro atoms. The number of benzene rings is 4. The summed E-state index contributed by atoms with van der Waals surface area (Å²) in [4.78, 5) is 56.1. The number of carbonyl (C=O) groups is 4. The number of piperazine rings is 1. The van der Waals surface area contributed by atoms with Gasteiger partial charge in [-0.3, -0.25) is 29.4 Å². The van der Waals surface area contributed by atoms with Gasteiger partial charge in [0, 0.05) is 81.3 Å². The first-order chi connectivity index (χ1) is 26.9. The van der Waals surface area contributed by atoms with Crippen molar-refractivity contribution in [2.24, 2.45) is 0 Å². The molecular weight excluding hydrogens is 714 g/mol. The molecular formula is C44H46ClN5O5. The molecule has 1 atom stereocenters. The number of fused-ring (bicyclic) bond motifs is 1. The lowest BCUT2D eigenvalue weighted by atomic mass is 9.88. The van der Waals surface area contributed by atoms with E-state index in [2.05, 4.69) is 76.2 Å². The summed E-state index contributed by atoms with van der Waals surface area (Å²) in [6.07, 6.45) is 1.60. The number of ether oxygens (including phenoxy) is 1. The van der Waals surface area contributed by atoms with Gasteiger partial charge in [-0.1, -0.05) is 78.9 Å². The van der Waals surface area contributed by atoms with Crippen LogP contribution in [0.4, 0.5) is 5.69 Å². The van der Waals surface area contributed by atoms with Crippen LogP contribution < -0.4 is 15.4 Å². The molecule has 0 saturated carbocycles. The summed E-state index contributed by atoms with van der Waals surface area (Å²) in [7, 11) is 0. The van der Waals surface area contributed by atoms with Crippen molar-refractivity contribution in [2.45, 2.75) is 38.3 Å². The number of alkyl halides is 1. The first kappa shape index (κ1) is 37.8. The van der Waals surface area contributed by atoms with Gasteiger partial charge in [0.05, 0.1) is 0 Å². The first-order valence-corrected chi connectivity index (χ1v) is 19.6. The van der Waals surface area contributed by atoms with Gasteiger partial charge in [-0.05, 0) is 64.9 Å². The fourth-order valence-electron chi connectivity index (χ4n) is 7.71. The van der Waals surface area contributed by atoms with E-state index >= 15 is 0 Å². The quantitative estimate of drug-likeness (QED) is 0.0914. The smallest absolute Gasteiger partial charge is 0.255 e. The molecule has 0 aliphatic carbocycles. The summed E-state index contributed by atoms with van der Waals surface area (Å²) in [6, 6.07) is 33.9. The standard InChI is InChI=1S/C44H46ClN5O5/c45-22-20-35(31-8-3-1-4-9-31)42(32-10-5-2-6-11-32)33-14-16-34(17-15-33)55-29-28-48-24-26-49(27-25-48)41(52)21-23-46-38-13-7-12-36-37(38)30-50(44(36)54)39-18-19-40(51)47-43(39)53/h1-17,39,46H,18-30H2,(H,47,51,53). The molecule has 1 unspecified atom stereocenters. The maximum Gasteiger partial charge on any atom is 0.255 e. The van der Waals surface area contributed by atoms with Crippen LogP contribution in [0.15, 0.2) is 103 Å².